The van der Waals surface area contributed by atoms with Gasteiger partial charge in [0.05, 0.1) is 0 Å². The summed E-state index contributed by atoms with van der Waals surface area (Å²) in [5, 5.41) is 0. The van der Waals surface area contributed by atoms with Crippen molar-refractivity contribution in [1.82, 2.24) is 0 Å². The van der Waals surface area contributed by atoms with Crippen LogP contribution in [0.5, 0.6) is 0 Å². The number of halogens is 2. The van der Waals surface area contributed by atoms with Gasteiger partial charge in [0.25, 0.3) is 0 Å². The van der Waals surface area contributed by atoms with E-state index in [1.54, 1.807) is 0 Å². The second kappa shape index (κ2) is 36.0. The van der Waals surface area contributed by atoms with Crippen molar-refractivity contribution in [2.75, 3.05) is 60.0 Å². The maximum atomic E-state index is 8.26. The molecule has 0 aliphatic carbocycles. The summed E-state index contributed by atoms with van der Waals surface area (Å²) < 4.78 is 8.26. The van der Waals surface area contributed by atoms with Crippen LogP contribution in [-0.4, -0.2) is 60.0 Å². The Morgan fingerprint density at radius 2 is 0.500 bits per heavy atom. The van der Waals surface area contributed by atoms with Gasteiger partial charge in [-0.15, -0.1) is 48.6 Å². The predicted octanol–water partition coefficient (Wildman–Crippen LogP) is 4.80. The zero-order chi connectivity index (χ0) is 12.7. The first-order valence-corrected chi connectivity index (χ1v) is 13.1. The monoisotopic (exact) mass is 414 g/mol. The molecule has 0 aliphatic heterocycles. The minimum atomic E-state index is 0. The second-order valence-corrected chi connectivity index (χ2v) is 12.1. The van der Waals surface area contributed by atoms with E-state index in [9.17, 15) is 0 Å². The molecule has 0 bridgehead atoms. The van der Waals surface area contributed by atoms with Crippen LogP contribution in [0.3, 0.4) is 0 Å². The Bertz CT molecular complexity index is 66.6. The Morgan fingerprint density at radius 3 is 0.500 bits per heavy atom. The normalized spacial score (nSPS) is 7.00. The summed E-state index contributed by atoms with van der Waals surface area (Å²) in [6.45, 7) is 20.1. The van der Waals surface area contributed by atoms with Gasteiger partial charge in [-0.2, -0.15) is 0 Å². The van der Waals surface area contributed by atoms with Gasteiger partial charge < -0.3 is 0 Å². The molecule has 7 heteroatoms. The molecule has 0 heterocycles. The van der Waals surface area contributed by atoms with E-state index in [-0.39, 0.29) is 24.8 Å². The molecule has 1 nitrogen and oxygen atoms in total. The summed E-state index contributed by atoms with van der Waals surface area (Å²) in [6.07, 6.45) is 0. The molecule has 0 aromatic rings. The summed E-state index contributed by atoms with van der Waals surface area (Å²) in [5.74, 6) is 0. The number of hydrogen-bond donors (Lipinski definition) is 0. The molecule has 0 saturated heterocycles. The molecule has 0 saturated carbocycles. The van der Waals surface area contributed by atoms with E-state index < -0.39 is 0 Å². The first kappa shape index (κ1) is 36.2. The van der Waals surface area contributed by atoms with E-state index >= 15 is 0 Å². The summed E-state index contributed by atoms with van der Waals surface area (Å²) in [5.41, 5.74) is 0. The summed E-state index contributed by atoms with van der Waals surface area (Å²) in [4.78, 5) is 0. The third-order valence-electron chi connectivity index (χ3n) is 0. The quantitative estimate of drug-likeness (QED) is 0.412. The average molecular weight is 413 g/mol. The van der Waals surface area contributed by atoms with Crippen molar-refractivity contribution in [2.24, 2.45) is 0 Å². The molecular weight excluding hydrogens is 384 g/mol. The first-order chi connectivity index (χ1) is 6.20. The second-order valence-electron chi connectivity index (χ2n) is 4.02. The van der Waals surface area contributed by atoms with Gasteiger partial charge in [-0.1, -0.05) is 0 Å². The van der Waals surface area contributed by atoms with E-state index in [0.29, 0.717) is 43.5 Å². The molecule has 0 aliphatic rings. The van der Waals surface area contributed by atoms with Crippen LogP contribution in [0.25, 0.3) is 0 Å². The SMILES string of the molecule is CP(C)C.CP(C)C.CP(C)C.Cl.Cl.[O]=[Mo]. The Hall–Kier alpha value is 2.36. The Balaban J connectivity index is -0.0000000205. The molecule has 0 spiro atoms. The molecule has 0 fully saturated rings. The zero-order valence-electron chi connectivity index (χ0n) is 12.0. The molecule has 0 unspecified atom stereocenters. The van der Waals surface area contributed by atoms with Crippen LogP contribution in [0.2, 0.25) is 0 Å². The first-order valence-electron chi connectivity index (χ1n) is 4.19. The van der Waals surface area contributed by atoms with Gasteiger partial charge >= 0.3 is 23.2 Å². The van der Waals surface area contributed by atoms with Gasteiger partial charge in [-0.05, 0) is 60.0 Å². The molecule has 0 aromatic carbocycles. The fraction of sp³-hybridized carbons (Fsp3) is 1.00. The molecule has 16 heavy (non-hydrogen) atoms. The third-order valence-corrected chi connectivity index (χ3v) is 0. The van der Waals surface area contributed by atoms with Crippen molar-refractivity contribution in [3.8, 4) is 0 Å². The molecule has 0 radical (unpaired) electrons. The van der Waals surface area contributed by atoms with Gasteiger partial charge in [0.15, 0.2) is 0 Å². The average Bonchev–Trinajstić information content (AvgIpc) is 1.86. The Labute approximate surface area is 131 Å². The fourth-order valence-corrected chi connectivity index (χ4v) is 0. The standard InChI is InChI=1S/3C3H9P.2ClH.Mo.O/c3*1-4(2)3;;;;/h3*1-3H3;2*1H;;. The van der Waals surface area contributed by atoms with Gasteiger partial charge in [0.1, 0.15) is 0 Å². The summed E-state index contributed by atoms with van der Waals surface area (Å²) >= 11 is 0.700. The van der Waals surface area contributed by atoms with Gasteiger partial charge in [0.2, 0.25) is 0 Å². The van der Waals surface area contributed by atoms with Gasteiger partial charge in [-0.25, -0.2) is 0 Å². The van der Waals surface area contributed by atoms with Crippen LogP contribution in [0.1, 0.15) is 0 Å². The maximum absolute atomic E-state index is 8.26. The number of rotatable bonds is 0. The number of hydrogen-bond acceptors (Lipinski definition) is 1. The fourth-order valence-electron chi connectivity index (χ4n) is 0. The molecule has 0 aromatic heterocycles. The van der Waals surface area contributed by atoms with Crippen LogP contribution in [0.15, 0.2) is 0 Å². The van der Waals surface area contributed by atoms with Crippen LogP contribution in [-0.2, 0) is 23.2 Å². The topological polar surface area (TPSA) is 17.1 Å². The van der Waals surface area contributed by atoms with Crippen LogP contribution >= 0.6 is 48.6 Å². The van der Waals surface area contributed by atoms with E-state index in [0.717, 1.165) is 0 Å². The molecule has 106 valence electrons. The van der Waals surface area contributed by atoms with Crippen LogP contribution in [0.4, 0.5) is 0 Å². The Kier molecular flexibility index (Phi) is 81.5. The van der Waals surface area contributed by atoms with E-state index in [1.807, 2.05) is 0 Å². The molecule has 0 amide bonds. The van der Waals surface area contributed by atoms with Crippen molar-refractivity contribution in [3.05, 3.63) is 0 Å². The van der Waals surface area contributed by atoms with Crippen molar-refractivity contribution < 1.29 is 23.2 Å². The molecular formula is C9H29Cl2MoOP3. The van der Waals surface area contributed by atoms with Crippen molar-refractivity contribution in [1.29, 1.82) is 0 Å². The van der Waals surface area contributed by atoms with Gasteiger partial charge in [0, 0.05) is 0 Å². The minimum absolute atomic E-state index is 0. The van der Waals surface area contributed by atoms with Crippen molar-refractivity contribution in [3.63, 3.8) is 0 Å². The van der Waals surface area contributed by atoms with Crippen LogP contribution < -0.4 is 0 Å². The molecule has 0 N–H and O–H groups in total. The zero-order valence-corrected chi connectivity index (χ0v) is 18.3. The molecule has 0 atom stereocenters. The Morgan fingerprint density at radius 1 is 0.500 bits per heavy atom. The van der Waals surface area contributed by atoms with E-state index in [4.69, 9.17) is 3.40 Å². The van der Waals surface area contributed by atoms with E-state index in [2.05, 4.69) is 60.0 Å². The van der Waals surface area contributed by atoms with Gasteiger partial charge in [-0.3, -0.25) is 0 Å². The van der Waals surface area contributed by atoms with E-state index in [1.165, 1.54) is 0 Å². The summed E-state index contributed by atoms with van der Waals surface area (Å²) in [7, 11) is 1.14. The third kappa shape index (κ3) is 694. The molecule has 0 rings (SSSR count). The van der Waals surface area contributed by atoms with Crippen LogP contribution in [0, 0.1) is 0 Å². The predicted molar refractivity (Wildman–Crippen MR) is 89.3 cm³/mol. The van der Waals surface area contributed by atoms with Crippen molar-refractivity contribution >= 4 is 48.6 Å². The van der Waals surface area contributed by atoms with Crippen molar-refractivity contribution in [2.45, 2.75) is 0 Å². The summed E-state index contributed by atoms with van der Waals surface area (Å²) in [6, 6.07) is 0.